The molecular weight excluding hydrogens is 545 g/mol. The molecule has 1 unspecified atom stereocenters. The van der Waals surface area contributed by atoms with Crippen LogP contribution in [0.2, 0.25) is 10.0 Å². The maximum atomic E-state index is 13.4. The molecule has 0 spiro atoms. The topological polar surface area (TPSA) is 49.9 Å². The molecule has 3 fully saturated rings. The summed E-state index contributed by atoms with van der Waals surface area (Å²) >= 11 is 13.4. The number of piperidine rings is 1. The summed E-state index contributed by atoms with van der Waals surface area (Å²) in [5, 5.41) is 1.03. The fourth-order valence-electron chi connectivity index (χ4n) is 6.14. The number of rotatable bonds is 6. The Kier molecular flexibility index (Phi) is 8.51. The van der Waals surface area contributed by atoms with Crippen molar-refractivity contribution in [1.29, 1.82) is 0 Å². The van der Waals surface area contributed by atoms with Crippen LogP contribution in [-0.4, -0.2) is 66.4 Å². The van der Waals surface area contributed by atoms with Crippen LogP contribution in [0.5, 0.6) is 0 Å². The number of nitrogens with zero attached hydrogens (tertiary/aromatic N) is 2. The number of halogens is 4. The lowest BCUT2D eigenvalue weighted by molar-refractivity contribution is -0.134. The van der Waals surface area contributed by atoms with Gasteiger partial charge in [0.25, 0.3) is 11.8 Å². The van der Waals surface area contributed by atoms with E-state index in [1.165, 1.54) is 4.90 Å². The van der Waals surface area contributed by atoms with E-state index in [0.717, 1.165) is 55.3 Å². The molecule has 1 atom stereocenters. The molecule has 1 aliphatic carbocycles. The molecule has 0 radical (unpaired) electrons. The van der Waals surface area contributed by atoms with E-state index in [1.54, 1.807) is 19.2 Å². The summed E-state index contributed by atoms with van der Waals surface area (Å²) in [6, 6.07) is 11.0. The molecule has 210 valence electrons. The molecule has 2 heterocycles. The second kappa shape index (κ2) is 11.7. The number of benzene rings is 2. The van der Waals surface area contributed by atoms with Gasteiger partial charge in [0.05, 0.1) is 6.10 Å². The highest BCUT2D eigenvalue weighted by molar-refractivity contribution is 6.36. The van der Waals surface area contributed by atoms with Crippen molar-refractivity contribution in [2.75, 3.05) is 26.7 Å². The van der Waals surface area contributed by atoms with Crippen LogP contribution in [0.1, 0.15) is 60.9 Å². The number of methoxy groups -OCH3 is 1. The number of amides is 2. The summed E-state index contributed by atoms with van der Waals surface area (Å²) in [6.45, 7) is 0.872. The maximum absolute atomic E-state index is 13.4. The third-order valence-corrected chi connectivity index (χ3v) is 9.28. The molecule has 9 heteroatoms. The monoisotopic (exact) mass is 578 g/mol. The van der Waals surface area contributed by atoms with Crippen LogP contribution >= 0.6 is 23.2 Å². The van der Waals surface area contributed by atoms with E-state index in [4.69, 9.17) is 27.9 Å². The fraction of sp³-hybridized carbons (Fsp3) is 0.533. The first-order valence-corrected chi connectivity index (χ1v) is 14.5. The second-order valence-corrected chi connectivity index (χ2v) is 11.8. The predicted molar refractivity (Wildman–Crippen MR) is 149 cm³/mol. The van der Waals surface area contributed by atoms with Crippen molar-refractivity contribution in [2.45, 2.75) is 69.4 Å². The van der Waals surface area contributed by atoms with Gasteiger partial charge in [-0.3, -0.25) is 9.59 Å². The lowest BCUT2D eigenvalue weighted by atomic mass is 9.91. The fourth-order valence-corrected chi connectivity index (χ4v) is 6.78. The second-order valence-electron chi connectivity index (χ2n) is 11.0. The molecule has 0 bridgehead atoms. The summed E-state index contributed by atoms with van der Waals surface area (Å²) in [7, 11) is 1.75. The smallest absolute Gasteiger partial charge is 0.253 e. The molecule has 5 rings (SSSR count). The Labute approximate surface area is 238 Å². The Morgan fingerprint density at radius 2 is 1.56 bits per heavy atom. The normalized spacial score (nSPS) is 25.3. The van der Waals surface area contributed by atoms with E-state index >= 15 is 0 Å². The van der Waals surface area contributed by atoms with E-state index < -0.39 is 5.92 Å². The van der Waals surface area contributed by atoms with Gasteiger partial charge in [0.15, 0.2) is 0 Å². The van der Waals surface area contributed by atoms with E-state index in [0.29, 0.717) is 28.1 Å². The highest BCUT2D eigenvalue weighted by Gasteiger charge is 2.38. The van der Waals surface area contributed by atoms with Crippen LogP contribution in [0.25, 0.3) is 11.1 Å². The molecule has 0 N–H and O–H groups in total. The van der Waals surface area contributed by atoms with E-state index in [2.05, 4.69) is 0 Å². The van der Waals surface area contributed by atoms with Crippen LogP contribution in [0, 0.1) is 5.92 Å². The number of carbonyl (C=O) groups is 2. The zero-order valence-electron chi connectivity index (χ0n) is 22.1. The van der Waals surface area contributed by atoms with Gasteiger partial charge in [-0.15, -0.1) is 0 Å². The van der Waals surface area contributed by atoms with Crippen molar-refractivity contribution in [3.8, 4) is 11.1 Å². The molecular formula is C30H34Cl2F2N2O3. The summed E-state index contributed by atoms with van der Waals surface area (Å²) in [4.78, 5) is 29.5. The average Bonchev–Trinajstić information content (AvgIpc) is 3.30. The SMILES string of the molecule is COC1CCC(N2CCC(Cc3c(Cl)cc(-c4ccc(C(=O)N5CCC(F)(F)CC5)cc4)cc3Cl)C2=O)CC1. The van der Waals surface area contributed by atoms with Gasteiger partial charge in [-0.05, 0) is 79.5 Å². The predicted octanol–water partition coefficient (Wildman–Crippen LogP) is 6.88. The van der Waals surface area contributed by atoms with Gasteiger partial charge in [0.1, 0.15) is 0 Å². The summed E-state index contributed by atoms with van der Waals surface area (Å²) < 4.78 is 32.4. The number of hydrogen-bond donors (Lipinski definition) is 0. The highest BCUT2D eigenvalue weighted by Crippen LogP contribution is 2.37. The Balaban J connectivity index is 1.23. The minimum absolute atomic E-state index is 0.0520. The van der Waals surface area contributed by atoms with Gasteiger partial charge >= 0.3 is 0 Å². The quantitative estimate of drug-likeness (QED) is 0.375. The molecule has 0 aromatic heterocycles. The average molecular weight is 580 g/mol. The van der Waals surface area contributed by atoms with Gasteiger partial charge in [0, 0.05) is 67.2 Å². The molecule has 2 aliphatic heterocycles. The summed E-state index contributed by atoms with van der Waals surface area (Å²) in [5.41, 5.74) is 2.87. The van der Waals surface area contributed by atoms with Crippen molar-refractivity contribution in [3.05, 3.63) is 57.6 Å². The lowest BCUT2D eigenvalue weighted by Crippen LogP contribution is -2.42. The van der Waals surface area contributed by atoms with Crippen molar-refractivity contribution in [2.24, 2.45) is 5.92 Å². The molecule has 39 heavy (non-hydrogen) atoms. The van der Waals surface area contributed by atoms with Crippen molar-refractivity contribution in [1.82, 2.24) is 9.80 Å². The third kappa shape index (κ3) is 6.26. The molecule has 2 saturated heterocycles. The van der Waals surface area contributed by atoms with Crippen LogP contribution < -0.4 is 0 Å². The van der Waals surface area contributed by atoms with Crippen LogP contribution in [0.3, 0.4) is 0 Å². The third-order valence-electron chi connectivity index (χ3n) is 8.61. The molecule has 2 aromatic carbocycles. The van der Waals surface area contributed by atoms with E-state index in [-0.39, 0.29) is 49.7 Å². The Morgan fingerprint density at radius 3 is 2.15 bits per heavy atom. The number of carbonyl (C=O) groups excluding carboxylic acids is 2. The van der Waals surface area contributed by atoms with Gasteiger partial charge in [0.2, 0.25) is 5.91 Å². The van der Waals surface area contributed by atoms with Crippen LogP contribution in [0.4, 0.5) is 8.78 Å². The first-order valence-electron chi connectivity index (χ1n) is 13.7. The zero-order valence-corrected chi connectivity index (χ0v) is 23.6. The van der Waals surface area contributed by atoms with Crippen molar-refractivity contribution >= 4 is 35.0 Å². The molecule has 3 aliphatic rings. The number of hydrogen-bond acceptors (Lipinski definition) is 3. The van der Waals surface area contributed by atoms with Gasteiger partial charge in [-0.25, -0.2) is 8.78 Å². The lowest BCUT2D eigenvalue weighted by Gasteiger charge is -2.34. The van der Waals surface area contributed by atoms with Gasteiger partial charge in [-0.2, -0.15) is 0 Å². The highest BCUT2D eigenvalue weighted by atomic mass is 35.5. The zero-order chi connectivity index (χ0) is 27.7. The molecule has 2 aromatic rings. The maximum Gasteiger partial charge on any atom is 0.253 e. The van der Waals surface area contributed by atoms with E-state index in [1.807, 2.05) is 29.2 Å². The largest absolute Gasteiger partial charge is 0.381 e. The first kappa shape index (κ1) is 28.3. The van der Waals surface area contributed by atoms with Crippen molar-refractivity contribution < 1.29 is 23.1 Å². The summed E-state index contributed by atoms with van der Waals surface area (Å²) in [6.07, 6.45) is 4.91. The Hall–Kier alpha value is -2.22. The standard InChI is InChI=1S/C30H34Cl2F2N2O3/c1-39-24-8-6-23(7-9-24)36-13-10-21(29(36)38)16-25-26(31)17-22(18-27(25)32)19-2-4-20(5-3-19)28(37)35-14-11-30(33,34)12-15-35/h2-5,17-18,21,23-24H,6-16H2,1H3. The number of ether oxygens (including phenoxy) is 1. The van der Waals surface area contributed by atoms with Gasteiger partial charge in [-0.1, -0.05) is 35.3 Å². The summed E-state index contributed by atoms with van der Waals surface area (Å²) in [5.74, 6) is -2.89. The first-order chi connectivity index (χ1) is 18.6. The van der Waals surface area contributed by atoms with E-state index in [9.17, 15) is 18.4 Å². The number of alkyl halides is 2. The number of likely N-dealkylation sites (tertiary alicyclic amines) is 2. The Bertz CT molecular complexity index is 1180. The molecule has 1 saturated carbocycles. The molecule has 2 amide bonds. The van der Waals surface area contributed by atoms with Crippen molar-refractivity contribution in [3.63, 3.8) is 0 Å². The van der Waals surface area contributed by atoms with Gasteiger partial charge < -0.3 is 14.5 Å². The minimum Gasteiger partial charge on any atom is -0.381 e. The van der Waals surface area contributed by atoms with Crippen LogP contribution in [0.15, 0.2) is 36.4 Å². The molecule has 5 nitrogen and oxygen atoms in total. The Morgan fingerprint density at radius 1 is 0.949 bits per heavy atom. The minimum atomic E-state index is -2.70. The van der Waals surface area contributed by atoms with Crippen LogP contribution in [-0.2, 0) is 16.0 Å².